The van der Waals surface area contributed by atoms with Crippen molar-refractivity contribution in [1.82, 2.24) is 4.90 Å². The molecule has 1 rings (SSSR count). The number of hydrogen-bond acceptors (Lipinski definition) is 4. The van der Waals surface area contributed by atoms with Gasteiger partial charge in [-0.25, -0.2) is 4.79 Å². The fraction of sp³-hybridized carbons (Fsp3) is 0.800. The van der Waals surface area contributed by atoms with Crippen molar-refractivity contribution in [2.45, 2.75) is 19.4 Å². The molecule has 1 aliphatic rings. The molecule has 0 spiro atoms. The Balaban J connectivity index is 2.74. The molecule has 0 saturated carbocycles. The SMILES string of the molecule is CCC(CN)C(=O)N1CCOCC1C(=O)O. The van der Waals surface area contributed by atoms with E-state index in [4.69, 9.17) is 15.6 Å². The van der Waals surface area contributed by atoms with Crippen molar-refractivity contribution in [3.63, 3.8) is 0 Å². The van der Waals surface area contributed by atoms with Crippen molar-refractivity contribution in [1.29, 1.82) is 0 Å². The molecule has 0 radical (unpaired) electrons. The van der Waals surface area contributed by atoms with Gasteiger partial charge in [-0.1, -0.05) is 6.92 Å². The number of carbonyl (C=O) groups is 2. The minimum absolute atomic E-state index is 0.0576. The molecule has 2 atom stereocenters. The van der Waals surface area contributed by atoms with Crippen LogP contribution < -0.4 is 5.73 Å². The topological polar surface area (TPSA) is 92.9 Å². The van der Waals surface area contributed by atoms with E-state index in [0.717, 1.165) is 0 Å². The molecule has 92 valence electrons. The lowest BCUT2D eigenvalue weighted by Gasteiger charge is -2.34. The van der Waals surface area contributed by atoms with Gasteiger partial charge >= 0.3 is 5.97 Å². The average molecular weight is 230 g/mol. The van der Waals surface area contributed by atoms with Crippen molar-refractivity contribution >= 4 is 11.9 Å². The number of nitrogens with two attached hydrogens (primary N) is 1. The van der Waals surface area contributed by atoms with Gasteiger partial charge in [0.1, 0.15) is 0 Å². The number of morpholine rings is 1. The number of carbonyl (C=O) groups excluding carboxylic acids is 1. The summed E-state index contributed by atoms with van der Waals surface area (Å²) < 4.78 is 5.06. The third-order valence-corrected chi connectivity index (χ3v) is 2.82. The molecule has 1 heterocycles. The molecule has 3 N–H and O–H groups in total. The van der Waals surface area contributed by atoms with Gasteiger partial charge in [-0.2, -0.15) is 0 Å². The summed E-state index contributed by atoms with van der Waals surface area (Å²) in [5.74, 6) is -1.50. The van der Waals surface area contributed by atoms with Crippen LogP contribution in [0.5, 0.6) is 0 Å². The molecule has 0 aliphatic carbocycles. The Morgan fingerprint density at radius 2 is 2.31 bits per heavy atom. The first-order valence-corrected chi connectivity index (χ1v) is 5.42. The maximum atomic E-state index is 12.0. The predicted molar refractivity (Wildman–Crippen MR) is 56.8 cm³/mol. The second kappa shape index (κ2) is 5.81. The predicted octanol–water partition coefficient (Wildman–Crippen LogP) is -0.717. The van der Waals surface area contributed by atoms with Crippen LogP contribution in [0.2, 0.25) is 0 Å². The highest BCUT2D eigenvalue weighted by molar-refractivity contribution is 5.85. The molecule has 6 heteroatoms. The van der Waals surface area contributed by atoms with E-state index in [1.165, 1.54) is 4.90 Å². The van der Waals surface area contributed by atoms with Crippen LogP contribution in [-0.4, -0.2) is 54.2 Å². The Bertz CT molecular complexity index is 266. The van der Waals surface area contributed by atoms with Gasteiger partial charge in [0.15, 0.2) is 6.04 Å². The zero-order valence-corrected chi connectivity index (χ0v) is 9.39. The number of ether oxygens (including phenoxy) is 1. The number of carboxylic acids is 1. The fourth-order valence-corrected chi connectivity index (χ4v) is 1.75. The van der Waals surface area contributed by atoms with Gasteiger partial charge < -0.3 is 20.5 Å². The Morgan fingerprint density at radius 1 is 1.62 bits per heavy atom. The van der Waals surface area contributed by atoms with E-state index in [1.807, 2.05) is 6.92 Å². The van der Waals surface area contributed by atoms with Crippen molar-refractivity contribution in [2.24, 2.45) is 11.7 Å². The van der Waals surface area contributed by atoms with E-state index in [0.29, 0.717) is 19.6 Å². The Hall–Kier alpha value is -1.14. The van der Waals surface area contributed by atoms with Crippen molar-refractivity contribution in [3.8, 4) is 0 Å². The van der Waals surface area contributed by atoms with Crippen LogP contribution in [0.25, 0.3) is 0 Å². The average Bonchev–Trinajstić information content (AvgIpc) is 2.30. The Kier molecular flexibility index (Phi) is 4.70. The number of aliphatic carboxylic acids is 1. The van der Waals surface area contributed by atoms with Gasteiger partial charge in [-0.15, -0.1) is 0 Å². The van der Waals surface area contributed by atoms with E-state index in [9.17, 15) is 9.59 Å². The summed E-state index contributed by atoms with van der Waals surface area (Å²) >= 11 is 0. The highest BCUT2D eigenvalue weighted by atomic mass is 16.5. The van der Waals surface area contributed by atoms with E-state index in [-0.39, 0.29) is 25.0 Å². The number of carboxylic acid groups (broad SMARTS) is 1. The summed E-state index contributed by atoms with van der Waals surface area (Å²) in [6.07, 6.45) is 0.624. The summed E-state index contributed by atoms with van der Waals surface area (Å²) in [5.41, 5.74) is 5.49. The number of nitrogens with zero attached hydrogens (tertiary/aromatic N) is 1. The first kappa shape index (κ1) is 12.9. The molecular weight excluding hydrogens is 212 g/mol. The van der Waals surface area contributed by atoms with Crippen LogP contribution in [0, 0.1) is 5.92 Å². The van der Waals surface area contributed by atoms with Gasteiger partial charge in [0.25, 0.3) is 0 Å². The minimum Gasteiger partial charge on any atom is -0.480 e. The molecule has 0 aromatic rings. The quantitative estimate of drug-likeness (QED) is 0.665. The van der Waals surface area contributed by atoms with Gasteiger partial charge in [0.05, 0.1) is 19.1 Å². The number of amides is 1. The third-order valence-electron chi connectivity index (χ3n) is 2.82. The first-order chi connectivity index (χ1) is 7.61. The van der Waals surface area contributed by atoms with Crippen LogP contribution in [0.1, 0.15) is 13.3 Å². The summed E-state index contributed by atoms with van der Waals surface area (Å²) in [4.78, 5) is 24.3. The van der Waals surface area contributed by atoms with E-state index in [2.05, 4.69) is 0 Å². The molecule has 1 saturated heterocycles. The lowest BCUT2D eigenvalue weighted by atomic mass is 10.0. The van der Waals surface area contributed by atoms with Gasteiger partial charge in [-0.3, -0.25) is 4.79 Å². The third kappa shape index (κ3) is 2.70. The largest absolute Gasteiger partial charge is 0.480 e. The van der Waals surface area contributed by atoms with Crippen molar-refractivity contribution in [3.05, 3.63) is 0 Å². The van der Waals surface area contributed by atoms with Crippen LogP contribution in [0.15, 0.2) is 0 Å². The summed E-state index contributed by atoms with van der Waals surface area (Å²) in [7, 11) is 0. The maximum Gasteiger partial charge on any atom is 0.328 e. The monoisotopic (exact) mass is 230 g/mol. The molecule has 0 aromatic carbocycles. The first-order valence-electron chi connectivity index (χ1n) is 5.42. The van der Waals surface area contributed by atoms with Crippen LogP contribution in [-0.2, 0) is 14.3 Å². The molecule has 6 nitrogen and oxygen atoms in total. The molecule has 16 heavy (non-hydrogen) atoms. The van der Waals surface area contributed by atoms with Crippen LogP contribution in [0.3, 0.4) is 0 Å². The minimum atomic E-state index is -1.03. The van der Waals surface area contributed by atoms with Gasteiger partial charge in [0.2, 0.25) is 5.91 Å². The van der Waals surface area contributed by atoms with E-state index < -0.39 is 12.0 Å². The summed E-state index contributed by atoms with van der Waals surface area (Å²) in [6, 6.07) is -0.873. The maximum absolute atomic E-state index is 12.0. The van der Waals surface area contributed by atoms with Gasteiger partial charge in [-0.05, 0) is 6.42 Å². The molecule has 2 unspecified atom stereocenters. The van der Waals surface area contributed by atoms with E-state index >= 15 is 0 Å². The van der Waals surface area contributed by atoms with E-state index in [1.54, 1.807) is 0 Å². The molecule has 0 bridgehead atoms. The van der Waals surface area contributed by atoms with Crippen molar-refractivity contribution < 1.29 is 19.4 Å². The highest BCUT2D eigenvalue weighted by Gasteiger charge is 2.34. The smallest absolute Gasteiger partial charge is 0.328 e. The Labute approximate surface area is 94.3 Å². The second-order valence-corrected chi connectivity index (χ2v) is 3.80. The number of rotatable bonds is 4. The molecular formula is C10H18N2O4. The van der Waals surface area contributed by atoms with Crippen LogP contribution >= 0.6 is 0 Å². The standard InChI is InChI=1S/C10H18N2O4/c1-2-7(5-11)9(13)12-3-4-16-6-8(12)10(14)15/h7-8H,2-6,11H2,1H3,(H,14,15). The number of hydrogen-bond donors (Lipinski definition) is 2. The van der Waals surface area contributed by atoms with Crippen LogP contribution in [0.4, 0.5) is 0 Å². The molecule has 1 aliphatic heterocycles. The summed E-state index contributed by atoms with van der Waals surface area (Å²) in [6.45, 7) is 2.88. The lowest BCUT2D eigenvalue weighted by Crippen LogP contribution is -2.54. The fourth-order valence-electron chi connectivity index (χ4n) is 1.75. The molecule has 1 fully saturated rings. The Morgan fingerprint density at radius 3 is 2.81 bits per heavy atom. The highest BCUT2D eigenvalue weighted by Crippen LogP contribution is 2.13. The van der Waals surface area contributed by atoms with Crippen molar-refractivity contribution in [2.75, 3.05) is 26.3 Å². The second-order valence-electron chi connectivity index (χ2n) is 3.80. The molecule has 0 aromatic heterocycles. The summed E-state index contributed by atoms with van der Waals surface area (Å²) in [5, 5.41) is 8.98. The zero-order chi connectivity index (χ0) is 12.1. The molecule has 1 amide bonds. The normalized spacial score (nSPS) is 22.9. The lowest BCUT2D eigenvalue weighted by molar-refractivity contribution is -0.160. The van der Waals surface area contributed by atoms with Gasteiger partial charge in [0, 0.05) is 13.1 Å². The zero-order valence-electron chi connectivity index (χ0n) is 9.39.